The van der Waals surface area contributed by atoms with E-state index in [4.69, 9.17) is 5.73 Å². The molecule has 1 aromatic heterocycles. The summed E-state index contributed by atoms with van der Waals surface area (Å²) in [5.41, 5.74) is 7.11. The van der Waals surface area contributed by atoms with Gasteiger partial charge in [-0.05, 0) is 31.0 Å². The number of nitrogens with zero attached hydrogens (tertiary/aromatic N) is 1. The van der Waals surface area contributed by atoms with Gasteiger partial charge in [-0.2, -0.15) is 0 Å². The SMILES string of the molecule is Nc1cc(F)c(NCC2CCCC2O)c2ncccc12. The molecule has 0 aliphatic heterocycles. The Morgan fingerprint density at radius 1 is 1.45 bits per heavy atom. The maximum absolute atomic E-state index is 14.1. The lowest BCUT2D eigenvalue weighted by Crippen LogP contribution is -2.22. The third-order valence-electron chi connectivity index (χ3n) is 4.04. The number of nitrogens with one attached hydrogen (secondary N) is 1. The molecule has 2 atom stereocenters. The second-order valence-corrected chi connectivity index (χ2v) is 5.36. The topological polar surface area (TPSA) is 71.2 Å². The number of halogens is 1. The third kappa shape index (κ3) is 2.29. The average molecular weight is 275 g/mol. The molecule has 1 fully saturated rings. The van der Waals surface area contributed by atoms with Crippen molar-refractivity contribution in [3.8, 4) is 0 Å². The molecule has 5 heteroatoms. The maximum Gasteiger partial charge on any atom is 0.150 e. The summed E-state index contributed by atoms with van der Waals surface area (Å²) in [6.45, 7) is 0.549. The highest BCUT2D eigenvalue weighted by Crippen LogP contribution is 2.31. The van der Waals surface area contributed by atoms with Gasteiger partial charge in [-0.15, -0.1) is 0 Å². The molecule has 106 valence electrons. The van der Waals surface area contributed by atoms with E-state index >= 15 is 0 Å². The molecule has 0 bridgehead atoms. The minimum atomic E-state index is -0.402. The smallest absolute Gasteiger partial charge is 0.150 e. The molecule has 4 nitrogen and oxygen atoms in total. The number of pyridine rings is 1. The summed E-state index contributed by atoms with van der Waals surface area (Å²) >= 11 is 0. The highest BCUT2D eigenvalue weighted by Gasteiger charge is 2.25. The van der Waals surface area contributed by atoms with Crippen LogP contribution in [0.15, 0.2) is 24.4 Å². The first-order chi connectivity index (χ1) is 9.66. The Labute approximate surface area is 116 Å². The Balaban J connectivity index is 1.90. The van der Waals surface area contributed by atoms with Crippen molar-refractivity contribution in [2.75, 3.05) is 17.6 Å². The number of benzene rings is 1. The monoisotopic (exact) mass is 275 g/mol. The zero-order chi connectivity index (χ0) is 14.1. The van der Waals surface area contributed by atoms with Crippen LogP contribution in [0.1, 0.15) is 19.3 Å². The first-order valence-corrected chi connectivity index (χ1v) is 6.91. The Morgan fingerprint density at radius 2 is 2.30 bits per heavy atom. The van der Waals surface area contributed by atoms with Gasteiger partial charge in [0.2, 0.25) is 0 Å². The standard InChI is InChI=1S/C15H18FN3O/c16-11-7-12(17)10-4-2-6-18-14(10)15(11)19-8-9-3-1-5-13(9)20/h2,4,6-7,9,13,19-20H,1,3,5,8,17H2. The first-order valence-electron chi connectivity index (χ1n) is 6.91. The van der Waals surface area contributed by atoms with Gasteiger partial charge in [0.05, 0.1) is 17.3 Å². The van der Waals surface area contributed by atoms with Crippen molar-refractivity contribution in [1.82, 2.24) is 4.98 Å². The van der Waals surface area contributed by atoms with E-state index in [0.29, 0.717) is 23.4 Å². The van der Waals surface area contributed by atoms with Crippen LogP contribution >= 0.6 is 0 Å². The van der Waals surface area contributed by atoms with Gasteiger partial charge in [-0.25, -0.2) is 4.39 Å². The average Bonchev–Trinajstić information content (AvgIpc) is 2.84. The number of aliphatic hydroxyl groups is 1. The van der Waals surface area contributed by atoms with Gasteiger partial charge in [0, 0.05) is 29.7 Å². The fourth-order valence-corrected chi connectivity index (χ4v) is 2.89. The molecule has 2 aromatic rings. The zero-order valence-corrected chi connectivity index (χ0v) is 11.1. The van der Waals surface area contributed by atoms with E-state index in [1.807, 2.05) is 6.07 Å². The van der Waals surface area contributed by atoms with Crippen molar-refractivity contribution >= 4 is 22.3 Å². The largest absolute Gasteiger partial charge is 0.398 e. The van der Waals surface area contributed by atoms with Crippen LogP contribution in [0.2, 0.25) is 0 Å². The van der Waals surface area contributed by atoms with E-state index < -0.39 is 5.82 Å². The van der Waals surface area contributed by atoms with Crippen LogP contribution in [0.5, 0.6) is 0 Å². The summed E-state index contributed by atoms with van der Waals surface area (Å²) < 4.78 is 14.1. The molecule has 1 aliphatic carbocycles. The van der Waals surface area contributed by atoms with E-state index in [2.05, 4.69) is 10.3 Å². The number of anilines is 2. The minimum Gasteiger partial charge on any atom is -0.398 e. The maximum atomic E-state index is 14.1. The molecular formula is C15H18FN3O. The molecule has 1 heterocycles. The highest BCUT2D eigenvalue weighted by atomic mass is 19.1. The molecule has 0 amide bonds. The second kappa shape index (κ2) is 5.25. The molecule has 0 spiro atoms. The number of nitrogen functional groups attached to an aromatic ring is 1. The van der Waals surface area contributed by atoms with Crippen molar-refractivity contribution in [3.05, 3.63) is 30.2 Å². The van der Waals surface area contributed by atoms with Crippen molar-refractivity contribution in [2.45, 2.75) is 25.4 Å². The zero-order valence-electron chi connectivity index (χ0n) is 11.1. The normalized spacial score (nSPS) is 22.3. The van der Waals surface area contributed by atoms with Gasteiger partial charge in [0.15, 0.2) is 5.82 Å². The molecule has 1 saturated carbocycles. The molecule has 3 rings (SSSR count). The van der Waals surface area contributed by atoms with E-state index in [-0.39, 0.29) is 12.0 Å². The first kappa shape index (κ1) is 13.1. The van der Waals surface area contributed by atoms with Crippen LogP contribution in [0.4, 0.5) is 15.8 Å². The fraction of sp³-hybridized carbons (Fsp3) is 0.400. The van der Waals surface area contributed by atoms with Crippen LogP contribution in [0.25, 0.3) is 10.9 Å². The molecule has 2 unspecified atom stereocenters. The lowest BCUT2D eigenvalue weighted by Gasteiger charge is -2.17. The van der Waals surface area contributed by atoms with Crippen LogP contribution < -0.4 is 11.1 Å². The number of aromatic nitrogens is 1. The number of nitrogens with two attached hydrogens (primary N) is 1. The van der Waals surface area contributed by atoms with Gasteiger partial charge in [-0.3, -0.25) is 4.98 Å². The van der Waals surface area contributed by atoms with Crippen molar-refractivity contribution in [2.24, 2.45) is 5.92 Å². The summed E-state index contributed by atoms with van der Waals surface area (Å²) in [4.78, 5) is 4.22. The van der Waals surface area contributed by atoms with E-state index in [1.54, 1.807) is 12.3 Å². The van der Waals surface area contributed by atoms with Gasteiger partial charge in [0.1, 0.15) is 0 Å². The quantitative estimate of drug-likeness (QED) is 0.753. The van der Waals surface area contributed by atoms with E-state index in [1.165, 1.54) is 6.07 Å². The molecule has 20 heavy (non-hydrogen) atoms. The summed E-state index contributed by atoms with van der Waals surface area (Å²) in [6, 6.07) is 4.92. The highest BCUT2D eigenvalue weighted by molar-refractivity contribution is 5.98. The summed E-state index contributed by atoms with van der Waals surface area (Å²) in [6.07, 6.45) is 4.15. The van der Waals surface area contributed by atoms with Gasteiger partial charge in [-0.1, -0.05) is 6.42 Å². The molecular weight excluding hydrogens is 257 g/mol. The minimum absolute atomic E-state index is 0.172. The van der Waals surface area contributed by atoms with Crippen molar-refractivity contribution < 1.29 is 9.50 Å². The molecule has 0 radical (unpaired) electrons. The molecule has 4 N–H and O–H groups in total. The van der Waals surface area contributed by atoms with Crippen LogP contribution in [-0.2, 0) is 0 Å². The van der Waals surface area contributed by atoms with Gasteiger partial charge in [0.25, 0.3) is 0 Å². The van der Waals surface area contributed by atoms with Gasteiger partial charge >= 0.3 is 0 Å². The number of hydrogen-bond donors (Lipinski definition) is 3. The summed E-state index contributed by atoms with van der Waals surface area (Å²) in [7, 11) is 0. The number of rotatable bonds is 3. The van der Waals surface area contributed by atoms with Gasteiger partial charge < -0.3 is 16.2 Å². The summed E-state index contributed by atoms with van der Waals surface area (Å²) in [5, 5.41) is 13.7. The Bertz CT molecular complexity index is 632. The number of hydrogen-bond acceptors (Lipinski definition) is 4. The lowest BCUT2D eigenvalue weighted by molar-refractivity contribution is 0.138. The fourth-order valence-electron chi connectivity index (χ4n) is 2.89. The van der Waals surface area contributed by atoms with Crippen LogP contribution in [0.3, 0.4) is 0 Å². The Hall–Kier alpha value is -1.88. The summed E-state index contributed by atoms with van der Waals surface area (Å²) in [5.74, 6) is -0.230. The van der Waals surface area contributed by atoms with Crippen LogP contribution in [-0.4, -0.2) is 22.7 Å². The molecule has 1 aromatic carbocycles. The predicted molar refractivity (Wildman–Crippen MR) is 78.0 cm³/mol. The number of fused-ring (bicyclic) bond motifs is 1. The lowest BCUT2D eigenvalue weighted by atomic mass is 10.1. The van der Waals surface area contributed by atoms with Crippen molar-refractivity contribution in [1.29, 1.82) is 0 Å². The van der Waals surface area contributed by atoms with Crippen LogP contribution in [0, 0.1) is 11.7 Å². The third-order valence-corrected chi connectivity index (χ3v) is 4.04. The predicted octanol–water partition coefficient (Wildman–Crippen LogP) is 2.53. The number of aliphatic hydroxyl groups excluding tert-OH is 1. The van der Waals surface area contributed by atoms with Crippen molar-refractivity contribution in [3.63, 3.8) is 0 Å². The Kier molecular flexibility index (Phi) is 3.44. The molecule has 0 saturated heterocycles. The second-order valence-electron chi connectivity index (χ2n) is 5.36. The molecule has 1 aliphatic rings. The van der Waals surface area contributed by atoms with E-state index in [9.17, 15) is 9.50 Å². The Morgan fingerprint density at radius 3 is 3.05 bits per heavy atom. The van der Waals surface area contributed by atoms with E-state index in [0.717, 1.165) is 24.6 Å².